The van der Waals surface area contributed by atoms with Crippen molar-refractivity contribution >= 4 is 29.0 Å². The third-order valence-electron chi connectivity index (χ3n) is 3.03. The van der Waals surface area contributed by atoms with Crippen molar-refractivity contribution in [1.29, 1.82) is 0 Å². The Labute approximate surface area is 120 Å². The minimum Gasteiger partial charge on any atom is -0.454 e. The summed E-state index contributed by atoms with van der Waals surface area (Å²) in [6.45, 7) is 3.85. The summed E-state index contributed by atoms with van der Waals surface area (Å²) in [5.74, 6) is 1.10. The second-order valence-electron chi connectivity index (χ2n) is 4.76. The van der Waals surface area contributed by atoms with Crippen LogP contribution in [-0.2, 0) is 4.79 Å². The number of nitrogens with zero attached hydrogens (tertiary/aromatic N) is 1. The number of rotatable bonds is 2. The number of amides is 2. The summed E-state index contributed by atoms with van der Waals surface area (Å²) >= 11 is 0.965. The van der Waals surface area contributed by atoms with E-state index < -0.39 is 0 Å². The van der Waals surface area contributed by atoms with Crippen LogP contribution in [0, 0.1) is 0 Å². The zero-order valence-electron chi connectivity index (χ0n) is 11.1. The molecule has 2 aliphatic rings. The molecule has 1 aromatic carbocycles. The first kappa shape index (κ1) is 13.1. The Kier molecular flexibility index (Phi) is 3.17. The van der Waals surface area contributed by atoms with Crippen LogP contribution in [-0.4, -0.2) is 28.9 Å². The zero-order chi connectivity index (χ0) is 14.3. The fraction of sp³-hybridized carbons (Fsp3) is 0.286. The highest BCUT2D eigenvalue weighted by Crippen LogP contribution is 2.36. The molecule has 6 heteroatoms. The molecule has 2 heterocycles. The second-order valence-corrected chi connectivity index (χ2v) is 5.75. The number of benzene rings is 1. The zero-order valence-corrected chi connectivity index (χ0v) is 11.9. The van der Waals surface area contributed by atoms with Crippen LogP contribution in [0.3, 0.4) is 0 Å². The number of hydrogen-bond acceptors (Lipinski definition) is 5. The van der Waals surface area contributed by atoms with Gasteiger partial charge in [0.05, 0.1) is 4.91 Å². The maximum absolute atomic E-state index is 12.2. The minimum absolute atomic E-state index is 0.134. The van der Waals surface area contributed by atoms with Crippen molar-refractivity contribution < 1.29 is 19.1 Å². The van der Waals surface area contributed by atoms with Gasteiger partial charge < -0.3 is 9.47 Å². The highest BCUT2D eigenvalue weighted by Gasteiger charge is 2.36. The molecule has 3 rings (SSSR count). The molecule has 0 bridgehead atoms. The Morgan fingerprint density at radius 2 is 2.00 bits per heavy atom. The van der Waals surface area contributed by atoms with E-state index >= 15 is 0 Å². The van der Waals surface area contributed by atoms with E-state index in [4.69, 9.17) is 9.47 Å². The predicted octanol–water partition coefficient (Wildman–Crippen LogP) is 2.86. The number of fused-ring (bicyclic) bond motifs is 1. The minimum atomic E-state index is -0.243. The number of imide groups is 1. The van der Waals surface area contributed by atoms with Gasteiger partial charge in [-0.1, -0.05) is 6.07 Å². The van der Waals surface area contributed by atoms with Gasteiger partial charge in [-0.15, -0.1) is 0 Å². The van der Waals surface area contributed by atoms with Crippen molar-refractivity contribution in [2.24, 2.45) is 0 Å². The van der Waals surface area contributed by atoms with Gasteiger partial charge in [0, 0.05) is 6.04 Å². The second kappa shape index (κ2) is 4.86. The molecule has 2 aliphatic heterocycles. The van der Waals surface area contributed by atoms with Crippen molar-refractivity contribution in [1.82, 2.24) is 4.90 Å². The van der Waals surface area contributed by atoms with Gasteiger partial charge in [-0.05, 0) is 49.4 Å². The van der Waals surface area contributed by atoms with Gasteiger partial charge in [-0.2, -0.15) is 0 Å². The van der Waals surface area contributed by atoms with Crippen LogP contribution in [0.25, 0.3) is 6.08 Å². The van der Waals surface area contributed by atoms with Crippen molar-refractivity contribution in [3.05, 3.63) is 28.7 Å². The lowest BCUT2D eigenvalue weighted by Crippen LogP contribution is -2.34. The summed E-state index contributed by atoms with van der Waals surface area (Å²) in [5.41, 5.74) is 0.809. The quantitative estimate of drug-likeness (QED) is 0.784. The Bertz CT molecular complexity index is 624. The molecule has 2 amide bonds. The molecule has 104 valence electrons. The normalized spacial score (nSPS) is 19.6. The van der Waals surface area contributed by atoms with Crippen LogP contribution in [0.2, 0.25) is 0 Å². The molecule has 0 radical (unpaired) electrons. The number of hydrogen-bond donors (Lipinski definition) is 0. The van der Waals surface area contributed by atoms with Crippen LogP contribution in [0.15, 0.2) is 23.1 Å². The van der Waals surface area contributed by atoms with E-state index in [0.29, 0.717) is 16.4 Å². The lowest BCUT2D eigenvalue weighted by Gasteiger charge is -2.16. The number of carbonyl (C=O) groups excluding carboxylic acids is 2. The van der Waals surface area contributed by atoms with Gasteiger partial charge in [-0.3, -0.25) is 14.5 Å². The molecular weight excluding hydrogens is 278 g/mol. The molecule has 5 nitrogen and oxygen atoms in total. The van der Waals surface area contributed by atoms with E-state index in [1.54, 1.807) is 18.2 Å². The molecule has 0 unspecified atom stereocenters. The molecule has 0 spiro atoms. The van der Waals surface area contributed by atoms with Gasteiger partial charge in [0.2, 0.25) is 6.79 Å². The molecule has 0 saturated carbocycles. The molecule has 1 aromatic rings. The molecule has 0 N–H and O–H groups in total. The van der Waals surface area contributed by atoms with Crippen LogP contribution < -0.4 is 9.47 Å². The Balaban J connectivity index is 1.90. The van der Waals surface area contributed by atoms with E-state index in [0.717, 1.165) is 17.3 Å². The van der Waals surface area contributed by atoms with Crippen LogP contribution in [0.5, 0.6) is 11.5 Å². The van der Waals surface area contributed by atoms with E-state index in [1.807, 2.05) is 19.9 Å². The van der Waals surface area contributed by atoms with Crippen molar-refractivity contribution in [3.8, 4) is 11.5 Å². The van der Waals surface area contributed by atoms with Gasteiger partial charge in [0.25, 0.3) is 11.1 Å². The third-order valence-corrected chi connectivity index (χ3v) is 3.92. The Morgan fingerprint density at radius 3 is 2.70 bits per heavy atom. The first-order valence-corrected chi connectivity index (χ1v) is 7.04. The van der Waals surface area contributed by atoms with E-state index in [1.165, 1.54) is 4.90 Å². The van der Waals surface area contributed by atoms with Crippen molar-refractivity contribution in [2.45, 2.75) is 19.9 Å². The van der Waals surface area contributed by atoms with E-state index in [2.05, 4.69) is 0 Å². The average Bonchev–Trinajstić information content (AvgIpc) is 2.94. The fourth-order valence-electron chi connectivity index (χ4n) is 2.08. The molecule has 20 heavy (non-hydrogen) atoms. The standard InChI is InChI=1S/C14H13NO4S/c1-8(2)15-13(16)12(20-14(15)17)6-9-3-4-10-11(5-9)19-7-18-10/h3-6,8H,7H2,1-2H3/b12-6+. The van der Waals surface area contributed by atoms with Gasteiger partial charge in [-0.25, -0.2) is 0 Å². The summed E-state index contributed by atoms with van der Waals surface area (Å²) in [7, 11) is 0. The summed E-state index contributed by atoms with van der Waals surface area (Å²) in [6, 6.07) is 5.29. The smallest absolute Gasteiger partial charge is 0.293 e. The fourth-order valence-corrected chi connectivity index (χ4v) is 3.04. The maximum atomic E-state index is 12.2. The first-order valence-electron chi connectivity index (χ1n) is 6.23. The van der Waals surface area contributed by atoms with Crippen LogP contribution in [0.1, 0.15) is 19.4 Å². The first-order chi connectivity index (χ1) is 9.56. The highest BCUT2D eigenvalue weighted by molar-refractivity contribution is 8.18. The van der Waals surface area contributed by atoms with Crippen molar-refractivity contribution in [3.63, 3.8) is 0 Å². The molecule has 0 aromatic heterocycles. The third kappa shape index (κ3) is 2.16. The van der Waals surface area contributed by atoms with E-state index in [-0.39, 0.29) is 24.0 Å². The molecule has 1 saturated heterocycles. The maximum Gasteiger partial charge on any atom is 0.293 e. The molecular formula is C14H13NO4S. The number of ether oxygens (including phenoxy) is 2. The lowest BCUT2D eigenvalue weighted by molar-refractivity contribution is -0.123. The topological polar surface area (TPSA) is 55.8 Å². The van der Waals surface area contributed by atoms with Crippen LogP contribution >= 0.6 is 11.8 Å². The predicted molar refractivity (Wildman–Crippen MR) is 75.5 cm³/mol. The lowest BCUT2D eigenvalue weighted by atomic mass is 10.2. The molecule has 0 atom stereocenters. The van der Waals surface area contributed by atoms with Crippen LogP contribution in [0.4, 0.5) is 4.79 Å². The Hall–Kier alpha value is -1.95. The largest absolute Gasteiger partial charge is 0.454 e. The van der Waals surface area contributed by atoms with Gasteiger partial charge in [0.15, 0.2) is 11.5 Å². The average molecular weight is 291 g/mol. The number of thioether (sulfide) groups is 1. The molecule has 0 aliphatic carbocycles. The summed E-state index contributed by atoms with van der Waals surface area (Å²) < 4.78 is 10.5. The summed E-state index contributed by atoms with van der Waals surface area (Å²) in [6.07, 6.45) is 1.70. The summed E-state index contributed by atoms with van der Waals surface area (Å²) in [5, 5.41) is -0.225. The number of carbonyl (C=O) groups is 2. The SMILES string of the molecule is CC(C)N1C(=O)S/C(=C/c2ccc3c(c2)OCO3)C1=O. The summed E-state index contributed by atoms with van der Waals surface area (Å²) in [4.78, 5) is 25.7. The van der Waals surface area contributed by atoms with Gasteiger partial charge >= 0.3 is 0 Å². The van der Waals surface area contributed by atoms with Gasteiger partial charge in [0.1, 0.15) is 0 Å². The van der Waals surface area contributed by atoms with Crippen molar-refractivity contribution in [2.75, 3.05) is 6.79 Å². The van der Waals surface area contributed by atoms with E-state index in [9.17, 15) is 9.59 Å². The highest BCUT2D eigenvalue weighted by atomic mass is 32.2. The monoisotopic (exact) mass is 291 g/mol. The Morgan fingerprint density at radius 1 is 1.25 bits per heavy atom. The molecule has 1 fully saturated rings.